The summed E-state index contributed by atoms with van der Waals surface area (Å²) in [5, 5.41) is 0. The Morgan fingerprint density at radius 2 is 1.68 bits per heavy atom. The van der Waals surface area contributed by atoms with Gasteiger partial charge in [0.15, 0.2) is 11.5 Å². The highest BCUT2D eigenvalue weighted by Crippen LogP contribution is 2.31. The van der Waals surface area contributed by atoms with Gasteiger partial charge < -0.3 is 9.47 Å². The smallest absolute Gasteiger partial charge is 0.240 e. The lowest BCUT2D eigenvalue weighted by atomic mass is 10.1. The Kier molecular flexibility index (Phi) is 5.55. The molecule has 0 saturated heterocycles. The Morgan fingerprint density at radius 3 is 2.44 bits per heavy atom. The molecule has 25 heavy (non-hydrogen) atoms. The second kappa shape index (κ2) is 7.84. The largest absolute Gasteiger partial charge is 0.486 e. The average Bonchev–Trinajstić information content (AvgIpc) is 2.61. The van der Waals surface area contributed by atoms with Crippen molar-refractivity contribution in [2.24, 2.45) is 0 Å². The van der Waals surface area contributed by atoms with Crippen LogP contribution in [0.25, 0.3) is 0 Å². The molecule has 0 spiro atoms. The summed E-state index contributed by atoms with van der Waals surface area (Å²) >= 11 is 0. The molecule has 0 bridgehead atoms. The lowest BCUT2D eigenvalue weighted by molar-refractivity contribution is 0.171. The number of unbranched alkanes of at least 4 members (excludes halogenated alkanes) is 1. The number of sulfonamides is 1. The molecular formula is C18H20FNO4S. The maximum Gasteiger partial charge on any atom is 0.240 e. The van der Waals surface area contributed by atoms with E-state index in [2.05, 4.69) is 4.72 Å². The fourth-order valence-electron chi connectivity index (χ4n) is 2.60. The molecule has 0 saturated carbocycles. The number of hydrogen-bond donors (Lipinski definition) is 1. The van der Waals surface area contributed by atoms with Crippen LogP contribution >= 0.6 is 0 Å². The summed E-state index contributed by atoms with van der Waals surface area (Å²) in [6, 6.07) is 10.7. The van der Waals surface area contributed by atoms with Gasteiger partial charge in [-0.3, -0.25) is 0 Å². The fraction of sp³-hybridized carbons (Fsp3) is 0.333. The van der Waals surface area contributed by atoms with Gasteiger partial charge >= 0.3 is 0 Å². The SMILES string of the molecule is O=S(=O)(NCCCCc1ccc2c(c1)OCCO2)c1ccc(F)cc1. The summed E-state index contributed by atoms with van der Waals surface area (Å²) in [4.78, 5) is 0.0701. The zero-order chi connectivity index (χ0) is 17.7. The minimum absolute atomic E-state index is 0.0701. The highest BCUT2D eigenvalue weighted by atomic mass is 32.2. The Balaban J connectivity index is 1.45. The molecule has 0 atom stereocenters. The molecule has 1 aliphatic rings. The molecular weight excluding hydrogens is 345 g/mol. The van der Waals surface area contributed by atoms with E-state index >= 15 is 0 Å². The van der Waals surface area contributed by atoms with Gasteiger partial charge in [-0.15, -0.1) is 0 Å². The molecule has 3 rings (SSSR count). The van der Waals surface area contributed by atoms with Crippen molar-refractivity contribution in [2.75, 3.05) is 19.8 Å². The van der Waals surface area contributed by atoms with Gasteiger partial charge in [0.25, 0.3) is 0 Å². The number of hydrogen-bond acceptors (Lipinski definition) is 4. The molecule has 0 fully saturated rings. The van der Waals surface area contributed by atoms with Crippen molar-refractivity contribution in [3.8, 4) is 11.5 Å². The highest BCUT2D eigenvalue weighted by Gasteiger charge is 2.13. The lowest BCUT2D eigenvalue weighted by Crippen LogP contribution is -2.24. The molecule has 134 valence electrons. The molecule has 0 aromatic heterocycles. The van der Waals surface area contributed by atoms with Gasteiger partial charge in [-0.05, 0) is 61.2 Å². The summed E-state index contributed by atoms with van der Waals surface area (Å²) < 4.78 is 50.6. The Labute approximate surface area is 146 Å². The predicted octanol–water partition coefficient (Wildman–Crippen LogP) is 2.90. The van der Waals surface area contributed by atoms with E-state index in [0.717, 1.165) is 42.0 Å². The maximum atomic E-state index is 12.9. The van der Waals surface area contributed by atoms with Crippen LogP contribution in [0.1, 0.15) is 18.4 Å². The zero-order valence-corrected chi connectivity index (χ0v) is 14.5. The Morgan fingerprint density at radius 1 is 0.960 bits per heavy atom. The number of benzene rings is 2. The lowest BCUT2D eigenvalue weighted by Gasteiger charge is -2.18. The third-order valence-corrected chi connectivity index (χ3v) is 5.39. The van der Waals surface area contributed by atoms with Crippen LogP contribution in [0.5, 0.6) is 11.5 Å². The van der Waals surface area contributed by atoms with E-state index in [1.54, 1.807) is 0 Å². The summed E-state index contributed by atoms with van der Waals surface area (Å²) in [6.45, 7) is 1.46. The molecule has 0 radical (unpaired) electrons. The number of aryl methyl sites for hydroxylation is 1. The summed E-state index contributed by atoms with van der Waals surface area (Å²) in [7, 11) is -3.59. The monoisotopic (exact) mass is 365 g/mol. The first-order chi connectivity index (χ1) is 12.0. The standard InChI is InChI=1S/C18H20FNO4S/c19-15-5-7-16(8-6-15)25(21,22)20-10-2-1-3-14-4-9-17-18(13-14)24-12-11-23-17/h4-9,13,20H,1-3,10-12H2. The van der Waals surface area contributed by atoms with Crippen molar-refractivity contribution in [1.82, 2.24) is 4.72 Å². The van der Waals surface area contributed by atoms with Gasteiger partial charge in [0.2, 0.25) is 10.0 Å². The van der Waals surface area contributed by atoms with E-state index in [-0.39, 0.29) is 4.90 Å². The van der Waals surface area contributed by atoms with Gasteiger partial charge in [0.05, 0.1) is 4.90 Å². The Hall–Kier alpha value is -2.12. The molecule has 1 heterocycles. The second-order valence-electron chi connectivity index (χ2n) is 5.79. The van der Waals surface area contributed by atoms with Crippen molar-refractivity contribution in [1.29, 1.82) is 0 Å². The summed E-state index contributed by atoms with van der Waals surface area (Å²) in [6.07, 6.45) is 2.37. The van der Waals surface area contributed by atoms with E-state index in [4.69, 9.17) is 9.47 Å². The first kappa shape index (κ1) is 17.7. The van der Waals surface area contributed by atoms with Gasteiger partial charge in [0.1, 0.15) is 19.0 Å². The molecule has 7 heteroatoms. The number of halogens is 1. The minimum atomic E-state index is -3.59. The number of rotatable bonds is 7. The van der Waals surface area contributed by atoms with Gasteiger partial charge in [-0.2, -0.15) is 0 Å². The predicted molar refractivity (Wildman–Crippen MR) is 92.0 cm³/mol. The average molecular weight is 365 g/mol. The van der Waals surface area contributed by atoms with Crippen LogP contribution in [0.4, 0.5) is 4.39 Å². The topological polar surface area (TPSA) is 64.6 Å². The van der Waals surface area contributed by atoms with E-state index in [9.17, 15) is 12.8 Å². The van der Waals surface area contributed by atoms with Gasteiger partial charge in [-0.1, -0.05) is 6.07 Å². The quantitative estimate of drug-likeness (QED) is 0.767. The molecule has 1 N–H and O–H groups in total. The van der Waals surface area contributed by atoms with Crippen LogP contribution in [0, 0.1) is 5.82 Å². The molecule has 0 amide bonds. The van der Waals surface area contributed by atoms with Crippen LogP contribution in [0.2, 0.25) is 0 Å². The van der Waals surface area contributed by atoms with Crippen LogP contribution < -0.4 is 14.2 Å². The molecule has 2 aromatic carbocycles. The fourth-order valence-corrected chi connectivity index (χ4v) is 3.68. The number of nitrogens with one attached hydrogen (secondary N) is 1. The van der Waals surface area contributed by atoms with Crippen molar-refractivity contribution in [2.45, 2.75) is 24.2 Å². The molecule has 0 aliphatic carbocycles. The maximum absolute atomic E-state index is 12.9. The van der Waals surface area contributed by atoms with Crippen LogP contribution in [0.15, 0.2) is 47.4 Å². The van der Waals surface area contributed by atoms with Gasteiger partial charge in [-0.25, -0.2) is 17.5 Å². The van der Waals surface area contributed by atoms with Crippen molar-refractivity contribution < 1.29 is 22.3 Å². The van der Waals surface area contributed by atoms with Crippen molar-refractivity contribution >= 4 is 10.0 Å². The number of fused-ring (bicyclic) bond motifs is 1. The van der Waals surface area contributed by atoms with Crippen LogP contribution in [0.3, 0.4) is 0 Å². The normalized spacial score (nSPS) is 13.6. The Bertz CT molecular complexity index is 821. The minimum Gasteiger partial charge on any atom is -0.486 e. The second-order valence-corrected chi connectivity index (χ2v) is 7.55. The van der Waals surface area contributed by atoms with E-state index in [1.807, 2.05) is 18.2 Å². The van der Waals surface area contributed by atoms with E-state index in [0.29, 0.717) is 26.2 Å². The molecule has 0 unspecified atom stereocenters. The van der Waals surface area contributed by atoms with Gasteiger partial charge in [0, 0.05) is 6.54 Å². The third kappa shape index (κ3) is 4.70. The van der Waals surface area contributed by atoms with Crippen LogP contribution in [-0.2, 0) is 16.4 Å². The van der Waals surface area contributed by atoms with Crippen LogP contribution in [-0.4, -0.2) is 28.2 Å². The van der Waals surface area contributed by atoms with E-state index < -0.39 is 15.8 Å². The molecule has 1 aliphatic heterocycles. The first-order valence-corrected chi connectivity index (χ1v) is 9.67. The summed E-state index contributed by atoms with van der Waals surface area (Å²) in [5.74, 6) is 1.07. The third-order valence-electron chi connectivity index (χ3n) is 3.91. The molecule has 2 aromatic rings. The first-order valence-electron chi connectivity index (χ1n) is 8.18. The number of ether oxygens (including phenoxy) is 2. The summed E-state index contributed by atoms with van der Waals surface area (Å²) in [5.41, 5.74) is 1.13. The van der Waals surface area contributed by atoms with E-state index in [1.165, 1.54) is 12.1 Å². The highest BCUT2D eigenvalue weighted by molar-refractivity contribution is 7.89. The van der Waals surface area contributed by atoms with Crippen molar-refractivity contribution in [3.63, 3.8) is 0 Å². The zero-order valence-electron chi connectivity index (χ0n) is 13.7. The van der Waals surface area contributed by atoms with Crippen molar-refractivity contribution in [3.05, 3.63) is 53.8 Å². The molecule has 5 nitrogen and oxygen atoms in total.